The van der Waals surface area contributed by atoms with Crippen molar-refractivity contribution in [3.63, 3.8) is 0 Å². The van der Waals surface area contributed by atoms with E-state index in [4.69, 9.17) is 5.11 Å². The third kappa shape index (κ3) is 1.74. The van der Waals surface area contributed by atoms with E-state index in [1.165, 1.54) is 19.1 Å². The van der Waals surface area contributed by atoms with Gasteiger partial charge in [0.05, 0.1) is 4.92 Å². The summed E-state index contributed by atoms with van der Waals surface area (Å²) in [5.74, 6) is -1.31. The zero-order valence-corrected chi connectivity index (χ0v) is 8.74. The zero-order valence-electron chi connectivity index (χ0n) is 7.15. The van der Waals surface area contributed by atoms with Crippen LogP contribution in [0.3, 0.4) is 0 Å². The Morgan fingerprint density at radius 1 is 1.57 bits per heavy atom. The summed E-state index contributed by atoms with van der Waals surface area (Å²) in [5.41, 5.74) is -0.350. The quantitative estimate of drug-likeness (QED) is 0.653. The number of carboxylic acid groups (broad SMARTS) is 1. The van der Waals surface area contributed by atoms with Gasteiger partial charge in [0.25, 0.3) is 5.69 Å². The Kier molecular flexibility index (Phi) is 2.85. The average molecular weight is 260 g/mol. The number of rotatable bonds is 2. The number of halogens is 1. The summed E-state index contributed by atoms with van der Waals surface area (Å²) in [5, 5.41) is 19.4. The van der Waals surface area contributed by atoms with Gasteiger partial charge in [-0.05, 0) is 28.9 Å². The fourth-order valence-corrected chi connectivity index (χ4v) is 1.60. The highest BCUT2D eigenvalue weighted by Crippen LogP contribution is 2.29. The second kappa shape index (κ2) is 3.75. The van der Waals surface area contributed by atoms with Crippen molar-refractivity contribution in [2.24, 2.45) is 0 Å². The number of hydrogen-bond donors (Lipinski definition) is 1. The van der Waals surface area contributed by atoms with E-state index in [0.717, 1.165) is 0 Å². The highest BCUT2D eigenvalue weighted by Gasteiger charge is 2.25. The Balaban J connectivity index is 3.58. The van der Waals surface area contributed by atoms with Crippen LogP contribution in [0.25, 0.3) is 0 Å². The molecule has 1 N–H and O–H groups in total. The zero-order chi connectivity index (χ0) is 10.9. The first-order valence-electron chi connectivity index (χ1n) is 3.62. The molecule has 74 valence electrons. The van der Waals surface area contributed by atoms with Crippen LogP contribution in [0.2, 0.25) is 0 Å². The number of nitrogens with zero attached hydrogens (tertiary/aromatic N) is 1. The van der Waals surface area contributed by atoms with E-state index in [-0.39, 0.29) is 15.7 Å². The second-order valence-corrected chi connectivity index (χ2v) is 3.50. The van der Waals surface area contributed by atoms with Crippen molar-refractivity contribution < 1.29 is 14.8 Å². The molecule has 1 aromatic carbocycles. The van der Waals surface area contributed by atoms with Crippen LogP contribution in [0.5, 0.6) is 0 Å². The Morgan fingerprint density at radius 2 is 2.14 bits per heavy atom. The number of aromatic carboxylic acids is 1. The summed E-state index contributed by atoms with van der Waals surface area (Å²) in [6.07, 6.45) is 0. The molecule has 14 heavy (non-hydrogen) atoms. The predicted molar refractivity (Wildman–Crippen MR) is 52.5 cm³/mol. The molecule has 1 rings (SSSR count). The van der Waals surface area contributed by atoms with Crippen LogP contribution in [-0.4, -0.2) is 16.0 Å². The van der Waals surface area contributed by atoms with E-state index in [1.807, 2.05) is 0 Å². The smallest absolute Gasteiger partial charge is 0.343 e. The van der Waals surface area contributed by atoms with Crippen molar-refractivity contribution in [3.8, 4) is 0 Å². The summed E-state index contributed by atoms with van der Waals surface area (Å²) >= 11 is 2.96. The lowest BCUT2D eigenvalue weighted by molar-refractivity contribution is -0.385. The molecule has 0 amide bonds. The third-order valence-electron chi connectivity index (χ3n) is 1.73. The van der Waals surface area contributed by atoms with Gasteiger partial charge in [-0.15, -0.1) is 0 Å². The van der Waals surface area contributed by atoms with Crippen molar-refractivity contribution in [1.29, 1.82) is 0 Å². The van der Waals surface area contributed by atoms with E-state index in [1.54, 1.807) is 0 Å². The number of carboxylic acids is 1. The molecule has 0 aliphatic rings. The van der Waals surface area contributed by atoms with E-state index in [2.05, 4.69) is 15.9 Å². The lowest BCUT2D eigenvalue weighted by atomic mass is 10.1. The molecular weight excluding hydrogens is 254 g/mol. The highest BCUT2D eigenvalue weighted by atomic mass is 79.9. The lowest BCUT2D eigenvalue weighted by Crippen LogP contribution is -2.05. The molecule has 1 aromatic rings. The van der Waals surface area contributed by atoms with Gasteiger partial charge in [0.1, 0.15) is 0 Å². The highest BCUT2D eigenvalue weighted by molar-refractivity contribution is 9.10. The van der Waals surface area contributed by atoms with Crippen LogP contribution < -0.4 is 0 Å². The Morgan fingerprint density at radius 3 is 2.50 bits per heavy atom. The van der Waals surface area contributed by atoms with E-state index in [9.17, 15) is 14.9 Å². The summed E-state index contributed by atoms with van der Waals surface area (Å²) in [6, 6.07) is 2.97. The molecule has 0 atom stereocenters. The number of nitro benzene ring substituents is 1. The van der Waals surface area contributed by atoms with E-state index >= 15 is 0 Å². The van der Waals surface area contributed by atoms with Gasteiger partial charge in [0.2, 0.25) is 0 Å². The molecule has 0 unspecified atom stereocenters. The number of nitro groups is 1. The molecule has 0 heterocycles. The van der Waals surface area contributed by atoms with Crippen molar-refractivity contribution in [1.82, 2.24) is 0 Å². The van der Waals surface area contributed by atoms with Gasteiger partial charge in [-0.2, -0.15) is 0 Å². The Labute approximate surface area is 87.6 Å². The molecule has 0 radical (unpaired) electrons. The van der Waals surface area contributed by atoms with Gasteiger partial charge in [-0.25, -0.2) is 4.79 Å². The van der Waals surface area contributed by atoms with Gasteiger partial charge in [-0.3, -0.25) is 10.1 Å². The molecule has 0 saturated carbocycles. The maximum Gasteiger partial charge on any atom is 0.343 e. The van der Waals surface area contributed by atoms with Crippen LogP contribution in [0, 0.1) is 17.0 Å². The Bertz CT molecular complexity index is 377. The SMILES string of the molecule is Cc1ccc(Br)c(C(=O)O)c1[N+](=O)[O-]. The van der Waals surface area contributed by atoms with Crippen LogP contribution in [0.1, 0.15) is 15.9 Å². The predicted octanol–water partition coefficient (Wildman–Crippen LogP) is 2.36. The Hall–Kier alpha value is -1.43. The summed E-state index contributed by atoms with van der Waals surface area (Å²) in [4.78, 5) is 20.7. The minimum absolute atomic E-state index is 0.210. The minimum Gasteiger partial charge on any atom is -0.477 e. The molecule has 5 nitrogen and oxygen atoms in total. The van der Waals surface area contributed by atoms with Crippen LogP contribution >= 0.6 is 15.9 Å². The van der Waals surface area contributed by atoms with E-state index < -0.39 is 10.9 Å². The first-order chi connectivity index (χ1) is 6.45. The molecule has 0 fully saturated rings. The maximum absolute atomic E-state index is 10.8. The fraction of sp³-hybridized carbons (Fsp3) is 0.125. The lowest BCUT2D eigenvalue weighted by Gasteiger charge is -2.02. The topological polar surface area (TPSA) is 80.4 Å². The second-order valence-electron chi connectivity index (χ2n) is 2.65. The van der Waals surface area contributed by atoms with Gasteiger partial charge < -0.3 is 5.11 Å². The normalized spacial score (nSPS) is 9.86. The van der Waals surface area contributed by atoms with Crippen molar-refractivity contribution in [2.45, 2.75) is 6.92 Å². The third-order valence-corrected chi connectivity index (χ3v) is 2.39. The van der Waals surface area contributed by atoms with Gasteiger partial charge in [0.15, 0.2) is 5.56 Å². The monoisotopic (exact) mass is 259 g/mol. The van der Waals surface area contributed by atoms with Crippen LogP contribution in [-0.2, 0) is 0 Å². The van der Waals surface area contributed by atoms with Gasteiger partial charge in [0, 0.05) is 10.0 Å². The van der Waals surface area contributed by atoms with E-state index in [0.29, 0.717) is 5.56 Å². The largest absolute Gasteiger partial charge is 0.477 e. The van der Waals surface area contributed by atoms with Crippen molar-refractivity contribution >= 4 is 27.6 Å². The molecule has 0 spiro atoms. The molecule has 0 saturated heterocycles. The van der Waals surface area contributed by atoms with Gasteiger partial charge >= 0.3 is 5.97 Å². The minimum atomic E-state index is -1.31. The molecular formula is C8H6BrNO4. The average Bonchev–Trinajstić information content (AvgIpc) is 2.07. The number of aryl methyl sites for hydroxylation is 1. The van der Waals surface area contributed by atoms with Crippen molar-refractivity contribution in [3.05, 3.63) is 37.8 Å². The number of carbonyl (C=O) groups is 1. The maximum atomic E-state index is 10.8. The molecule has 6 heteroatoms. The number of benzene rings is 1. The summed E-state index contributed by atoms with van der Waals surface area (Å²) in [6.45, 7) is 1.50. The van der Waals surface area contributed by atoms with Crippen LogP contribution in [0.15, 0.2) is 16.6 Å². The molecule has 0 aromatic heterocycles. The number of hydrogen-bond acceptors (Lipinski definition) is 3. The summed E-state index contributed by atoms with van der Waals surface area (Å²) < 4.78 is 0.210. The molecule has 0 aliphatic carbocycles. The fourth-order valence-electron chi connectivity index (χ4n) is 1.11. The summed E-state index contributed by atoms with van der Waals surface area (Å²) in [7, 11) is 0. The first-order valence-corrected chi connectivity index (χ1v) is 4.41. The van der Waals surface area contributed by atoms with Crippen LogP contribution in [0.4, 0.5) is 5.69 Å². The first kappa shape index (κ1) is 10.6. The molecule has 0 aliphatic heterocycles. The van der Waals surface area contributed by atoms with Crippen molar-refractivity contribution in [2.75, 3.05) is 0 Å². The van der Waals surface area contributed by atoms with Gasteiger partial charge in [-0.1, -0.05) is 6.07 Å². The standard InChI is InChI=1S/C8H6BrNO4/c1-4-2-3-5(9)6(8(11)12)7(4)10(13)14/h2-3H,1H3,(H,11,12). The molecule has 0 bridgehead atoms.